The van der Waals surface area contributed by atoms with Crippen molar-refractivity contribution in [3.63, 3.8) is 0 Å². The van der Waals surface area contributed by atoms with Crippen molar-refractivity contribution in [2.45, 2.75) is 20.4 Å². The van der Waals surface area contributed by atoms with Crippen LogP contribution in [0, 0.1) is 6.92 Å². The zero-order valence-corrected chi connectivity index (χ0v) is 16.5. The highest BCUT2D eigenvalue weighted by atomic mass is 16.5. The summed E-state index contributed by atoms with van der Waals surface area (Å²) >= 11 is 0. The summed E-state index contributed by atoms with van der Waals surface area (Å²) in [5, 5.41) is 3.74. The average Bonchev–Trinajstić information content (AvgIpc) is 2.70. The molecule has 2 aromatic carbocycles. The number of aryl methyl sites for hydroxylation is 1. The Hall–Kier alpha value is -3.94. The third-order valence-electron chi connectivity index (χ3n) is 4.75. The Bertz CT molecular complexity index is 1390. The number of para-hydroxylation sites is 1. The number of carbonyl (C=O) groups is 1. The largest absolute Gasteiger partial charge is 0.450 e. The van der Waals surface area contributed by atoms with E-state index in [9.17, 15) is 14.4 Å². The number of benzene rings is 2. The molecule has 0 saturated carbocycles. The lowest BCUT2D eigenvalue weighted by atomic mass is 10.1. The zero-order chi connectivity index (χ0) is 21.3. The molecule has 1 amide bonds. The molecule has 152 valence electrons. The topological polar surface area (TPSA) is 103 Å². The van der Waals surface area contributed by atoms with Crippen LogP contribution in [0.1, 0.15) is 18.1 Å². The standard InChI is InChI=1S/C22H19N3O5/c1-3-29-22(28)24-15-7-8-16-14(9-19(26)30-18(16)10-15)11-25-12-23-20-13(2)5-4-6-17(20)21(25)27/h4-10,12H,3,11H2,1-2H3,(H,24,28). The summed E-state index contributed by atoms with van der Waals surface area (Å²) in [6.07, 6.45) is 0.883. The molecule has 0 unspecified atom stereocenters. The molecule has 4 rings (SSSR count). The second-order valence-electron chi connectivity index (χ2n) is 6.80. The number of aromatic nitrogens is 2. The summed E-state index contributed by atoms with van der Waals surface area (Å²) in [6, 6.07) is 11.7. The average molecular weight is 405 g/mol. The van der Waals surface area contributed by atoms with Gasteiger partial charge >= 0.3 is 11.7 Å². The molecular weight excluding hydrogens is 386 g/mol. The van der Waals surface area contributed by atoms with Crippen LogP contribution in [0.2, 0.25) is 0 Å². The molecule has 0 aliphatic rings. The minimum atomic E-state index is -0.598. The van der Waals surface area contributed by atoms with Gasteiger partial charge in [-0.15, -0.1) is 0 Å². The van der Waals surface area contributed by atoms with Gasteiger partial charge in [0.15, 0.2) is 0 Å². The predicted molar refractivity (Wildman–Crippen MR) is 113 cm³/mol. The van der Waals surface area contributed by atoms with Crippen LogP contribution in [-0.4, -0.2) is 22.3 Å². The van der Waals surface area contributed by atoms with E-state index in [2.05, 4.69) is 10.3 Å². The van der Waals surface area contributed by atoms with Crippen LogP contribution < -0.4 is 16.5 Å². The fourth-order valence-electron chi connectivity index (χ4n) is 3.36. The van der Waals surface area contributed by atoms with Gasteiger partial charge in [-0.2, -0.15) is 0 Å². The van der Waals surface area contributed by atoms with Gasteiger partial charge in [0.2, 0.25) is 0 Å². The number of nitrogens with zero attached hydrogens (tertiary/aromatic N) is 2. The van der Waals surface area contributed by atoms with Crippen molar-refractivity contribution < 1.29 is 13.9 Å². The molecule has 2 heterocycles. The van der Waals surface area contributed by atoms with Gasteiger partial charge in [-0.3, -0.25) is 14.7 Å². The highest BCUT2D eigenvalue weighted by Crippen LogP contribution is 2.22. The van der Waals surface area contributed by atoms with Gasteiger partial charge in [0.05, 0.1) is 30.4 Å². The quantitative estimate of drug-likeness (QED) is 0.522. The molecule has 1 N–H and O–H groups in total. The van der Waals surface area contributed by atoms with E-state index in [-0.39, 0.29) is 18.7 Å². The first-order valence-corrected chi connectivity index (χ1v) is 9.41. The van der Waals surface area contributed by atoms with Gasteiger partial charge in [-0.05, 0) is 43.2 Å². The first kappa shape index (κ1) is 19.4. The minimum Gasteiger partial charge on any atom is -0.450 e. The lowest BCUT2D eigenvalue weighted by Gasteiger charge is -2.11. The molecule has 2 aromatic heterocycles. The van der Waals surface area contributed by atoms with Crippen molar-refractivity contribution >= 4 is 33.7 Å². The summed E-state index contributed by atoms with van der Waals surface area (Å²) in [6.45, 7) is 4.00. The van der Waals surface area contributed by atoms with Crippen molar-refractivity contribution in [3.05, 3.63) is 80.7 Å². The number of rotatable bonds is 4. The Kier molecular flexibility index (Phi) is 5.05. The van der Waals surface area contributed by atoms with E-state index >= 15 is 0 Å². The minimum absolute atomic E-state index is 0.155. The van der Waals surface area contributed by atoms with Crippen molar-refractivity contribution in [2.75, 3.05) is 11.9 Å². The summed E-state index contributed by atoms with van der Waals surface area (Å²) in [7, 11) is 0. The SMILES string of the molecule is CCOC(=O)Nc1ccc2c(Cn3cnc4c(C)cccc4c3=O)cc(=O)oc2c1. The van der Waals surface area contributed by atoms with Crippen molar-refractivity contribution in [3.8, 4) is 0 Å². The molecule has 0 atom stereocenters. The second kappa shape index (κ2) is 7.82. The van der Waals surface area contributed by atoms with Gasteiger partial charge < -0.3 is 9.15 Å². The Morgan fingerprint density at radius 1 is 1.17 bits per heavy atom. The summed E-state index contributed by atoms with van der Waals surface area (Å²) in [4.78, 5) is 41.0. The van der Waals surface area contributed by atoms with Gasteiger partial charge in [-0.1, -0.05) is 12.1 Å². The summed E-state index contributed by atoms with van der Waals surface area (Å²) in [5.41, 5.74) is 2.18. The maximum Gasteiger partial charge on any atom is 0.411 e. The lowest BCUT2D eigenvalue weighted by molar-refractivity contribution is 0.168. The molecule has 8 heteroatoms. The van der Waals surface area contributed by atoms with Gasteiger partial charge in [0.1, 0.15) is 5.58 Å². The van der Waals surface area contributed by atoms with Crippen LogP contribution in [0.15, 0.2) is 62.8 Å². The molecule has 0 fully saturated rings. The number of nitrogens with one attached hydrogen (secondary N) is 1. The normalized spacial score (nSPS) is 11.0. The van der Waals surface area contributed by atoms with Gasteiger partial charge in [-0.25, -0.2) is 14.6 Å². The van der Waals surface area contributed by atoms with Crippen LogP contribution >= 0.6 is 0 Å². The number of carbonyl (C=O) groups excluding carboxylic acids is 1. The fraction of sp³-hybridized carbons (Fsp3) is 0.182. The van der Waals surface area contributed by atoms with Crippen LogP contribution in [0.4, 0.5) is 10.5 Å². The van der Waals surface area contributed by atoms with Gasteiger partial charge in [0, 0.05) is 23.2 Å². The van der Waals surface area contributed by atoms with E-state index in [4.69, 9.17) is 9.15 Å². The Morgan fingerprint density at radius 2 is 2.00 bits per heavy atom. The van der Waals surface area contributed by atoms with Crippen LogP contribution in [0.25, 0.3) is 21.9 Å². The number of anilines is 1. The number of fused-ring (bicyclic) bond motifs is 2. The third kappa shape index (κ3) is 3.67. The van der Waals surface area contributed by atoms with Crippen LogP contribution in [0.3, 0.4) is 0 Å². The van der Waals surface area contributed by atoms with Gasteiger partial charge in [0.25, 0.3) is 5.56 Å². The first-order valence-electron chi connectivity index (χ1n) is 9.41. The Morgan fingerprint density at radius 3 is 2.80 bits per heavy atom. The van der Waals surface area contributed by atoms with E-state index in [1.165, 1.54) is 17.0 Å². The number of amides is 1. The number of ether oxygens (including phenoxy) is 1. The Labute approximate surface area is 170 Å². The monoisotopic (exact) mass is 405 g/mol. The Balaban J connectivity index is 1.75. The molecule has 0 radical (unpaired) electrons. The summed E-state index contributed by atoms with van der Waals surface area (Å²) < 4.78 is 11.6. The third-order valence-corrected chi connectivity index (χ3v) is 4.75. The highest BCUT2D eigenvalue weighted by Gasteiger charge is 2.12. The molecule has 0 aliphatic carbocycles. The molecule has 0 spiro atoms. The van der Waals surface area contributed by atoms with E-state index in [1.54, 1.807) is 31.2 Å². The molecule has 8 nitrogen and oxygen atoms in total. The van der Waals surface area contributed by atoms with E-state index in [0.29, 0.717) is 33.1 Å². The molecule has 0 aliphatic heterocycles. The fourth-order valence-corrected chi connectivity index (χ4v) is 3.36. The maximum absolute atomic E-state index is 12.9. The lowest BCUT2D eigenvalue weighted by Crippen LogP contribution is -2.22. The van der Waals surface area contributed by atoms with E-state index in [1.807, 2.05) is 19.1 Å². The van der Waals surface area contributed by atoms with Crippen molar-refractivity contribution in [1.29, 1.82) is 0 Å². The molecule has 30 heavy (non-hydrogen) atoms. The van der Waals surface area contributed by atoms with Crippen LogP contribution in [0.5, 0.6) is 0 Å². The second-order valence-corrected chi connectivity index (χ2v) is 6.80. The maximum atomic E-state index is 12.9. The zero-order valence-electron chi connectivity index (χ0n) is 16.5. The first-order chi connectivity index (χ1) is 14.5. The smallest absolute Gasteiger partial charge is 0.411 e. The number of hydrogen-bond acceptors (Lipinski definition) is 6. The van der Waals surface area contributed by atoms with E-state index < -0.39 is 11.7 Å². The predicted octanol–water partition coefficient (Wildman–Crippen LogP) is 3.43. The summed E-state index contributed by atoms with van der Waals surface area (Å²) in [5.74, 6) is 0. The van der Waals surface area contributed by atoms with Crippen LogP contribution in [-0.2, 0) is 11.3 Å². The molecule has 0 bridgehead atoms. The van der Waals surface area contributed by atoms with E-state index in [0.717, 1.165) is 5.56 Å². The molecule has 0 saturated heterocycles. The highest BCUT2D eigenvalue weighted by molar-refractivity contribution is 5.90. The number of hydrogen-bond donors (Lipinski definition) is 1. The van der Waals surface area contributed by atoms with Crippen molar-refractivity contribution in [1.82, 2.24) is 9.55 Å². The van der Waals surface area contributed by atoms with Crippen molar-refractivity contribution in [2.24, 2.45) is 0 Å². The molecule has 4 aromatic rings. The molecular formula is C22H19N3O5.